The molecule has 3 rings (SSSR count). The van der Waals surface area contributed by atoms with Gasteiger partial charge in [-0.05, 0) is 57.2 Å². The Morgan fingerprint density at radius 2 is 1.67 bits per heavy atom. The maximum Gasteiger partial charge on any atom is 0.261 e. The van der Waals surface area contributed by atoms with Crippen molar-refractivity contribution in [1.29, 1.82) is 0 Å². The summed E-state index contributed by atoms with van der Waals surface area (Å²) in [6, 6.07) is 19.7. The van der Waals surface area contributed by atoms with Gasteiger partial charge in [0.1, 0.15) is 11.8 Å². The highest BCUT2D eigenvalue weighted by Gasteiger charge is 2.31. The fourth-order valence-corrected chi connectivity index (χ4v) is 4.82. The summed E-state index contributed by atoms with van der Waals surface area (Å²) in [6.07, 6.45) is 0.321. The molecule has 3 aromatic carbocycles. The molecule has 0 saturated carbocycles. The summed E-state index contributed by atoms with van der Waals surface area (Å²) >= 11 is 16.4. The van der Waals surface area contributed by atoms with E-state index in [9.17, 15) is 9.59 Å². The van der Waals surface area contributed by atoms with Gasteiger partial charge in [0.05, 0.1) is 4.47 Å². The number of likely N-dealkylation sites (N-methyl/N-ethyl adjacent to an activating group) is 1. The van der Waals surface area contributed by atoms with Crippen molar-refractivity contribution in [3.8, 4) is 5.75 Å². The normalized spacial score (nSPS) is 11.8. The molecule has 1 N–H and O–H groups in total. The lowest BCUT2D eigenvalue weighted by molar-refractivity contribution is -0.142. The highest BCUT2D eigenvalue weighted by molar-refractivity contribution is 9.10. The molecule has 2 amide bonds. The predicted molar refractivity (Wildman–Crippen MR) is 149 cm³/mol. The van der Waals surface area contributed by atoms with Crippen LogP contribution in [0.3, 0.4) is 0 Å². The third-order valence-electron chi connectivity index (χ3n) is 5.88. The number of carbonyl (C=O) groups excluding carboxylic acids is 2. The van der Waals surface area contributed by atoms with Crippen molar-refractivity contribution >= 4 is 50.9 Å². The van der Waals surface area contributed by atoms with E-state index in [-0.39, 0.29) is 25.0 Å². The molecule has 1 atom stereocenters. The standard InChI is InChI=1S/C28H29BrCl2N2O3/c1-18(2)20-12-13-26(22(29)15-20)36-17-27(34)33(16-21-23(30)10-7-11-24(21)31)25(28(35)32-3)14-19-8-5-4-6-9-19/h4-13,15,18,25H,14,16-17H2,1-3H3,(H,32,35)/t25-/m0/s1. The Morgan fingerprint density at radius 3 is 2.25 bits per heavy atom. The van der Waals surface area contributed by atoms with Crippen LogP contribution in [0.4, 0.5) is 0 Å². The van der Waals surface area contributed by atoms with Crippen molar-refractivity contribution in [3.05, 3.63) is 97.9 Å². The van der Waals surface area contributed by atoms with Gasteiger partial charge in [-0.1, -0.05) is 79.5 Å². The Bertz CT molecular complexity index is 1180. The number of hydrogen-bond donors (Lipinski definition) is 1. The second-order valence-electron chi connectivity index (χ2n) is 8.67. The monoisotopic (exact) mass is 590 g/mol. The van der Waals surface area contributed by atoms with Gasteiger partial charge in [0.15, 0.2) is 6.61 Å². The molecule has 0 heterocycles. The molecule has 0 saturated heterocycles. The molecule has 0 spiro atoms. The van der Waals surface area contributed by atoms with Crippen LogP contribution in [0.25, 0.3) is 0 Å². The average Bonchev–Trinajstić information content (AvgIpc) is 2.86. The summed E-state index contributed by atoms with van der Waals surface area (Å²) in [5.41, 5.74) is 2.64. The largest absolute Gasteiger partial charge is 0.483 e. The number of carbonyl (C=O) groups is 2. The Kier molecular flexibility index (Phi) is 10.2. The molecular weight excluding hydrogens is 563 g/mol. The average molecular weight is 592 g/mol. The first-order chi connectivity index (χ1) is 17.2. The van der Waals surface area contributed by atoms with Gasteiger partial charge in [0.25, 0.3) is 5.91 Å². The van der Waals surface area contributed by atoms with Crippen LogP contribution in [0.5, 0.6) is 5.75 Å². The second-order valence-corrected chi connectivity index (χ2v) is 10.3. The molecule has 0 fully saturated rings. The third kappa shape index (κ3) is 7.25. The van der Waals surface area contributed by atoms with Crippen molar-refractivity contribution in [2.24, 2.45) is 0 Å². The summed E-state index contributed by atoms with van der Waals surface area (Å²) < 4.78 is 6.65. The van der Waals surface area contributed by atoms with Crippen molar-refractivity contribution in [1.82, 2.24) is 10.2 Å². The highest BCUT2D eigenvalue weighted by atomic mass is 79.9. The Labute approximate surface area is 230 Å². The van der Waals surface area contributed by atoms with Gasteiger partial charge in [-0.3, -0.25) is 9.59 Å². The lowest BCUT2D eigenvalue weighted by Gasteiger charge is -2.31. The molecule has 0 radical (unpaired) electrons. The Morgan fingerprint density at radius 1 is 1.00 bits per heavy atom. The summed E-state index contributed by atoms with van der Waals surface area (Å²) in [5, 5.41) is 3.53. The van der Waals surface area contributed by atoms with Crippen molar-refractivity contribution in [2.75, 3.05) is 13.7 Å². The molecule has 0 aliphatic rings. The van der Waals surface area contributed by atoms with Crippen LogP contribution in [0.1, 0.15) is 36.5 Å². The quantitative estimate of drug-likeness (QED) is 0.287. The van der Waals surface area contributed by atoms with Gasteiger partial charge in [0, 0.05) is 35.6 Å². The molecule has 0 unspecified atom stereocenters. The van der Waals surface area contributed by atoms with E-state index in [2.05, 4.69) is 35.1 Å². The zero-order valence-electron chi connectivity index (χ0n) is 20.4. The van der Waals surface area contributed by atoms with E-state index in [0.717, 1.165) is 15.6 Å². The van der Waals surface area contributed by atoms with Crippen LogP contribution in [0, 0.1) is 0 Å². The number of halogens is 3. The molecule has 8 heteroatoms. The fraction of sp³-hybridized carbons (Fsp3) is 0.286. The molecule has 0 aliphatic carbocycles. The number of benzene rings is 3. The minimum absolute atomic E-state index is 0.0546. The van der Waals surface area contributed by atoms with Crippen LogP contribution in [0.2, 0.25) is 10.0 Å². The van der Waals surface area contributed by atoms with E-state index < -0.39 is 6.04 Å². The molecule has 190 valence electrons. The fourth-order valence-electron chi connectivity index (χ4n) is 3.79. The maximum absolute atomic E-state index is 13.6. The first-order valence-electron chi connectivity index (χ1n) is 11.6. The van der Waals surface area contributed by atoms with Gasteiger partial charge in [0.2, 0.25) is 5.91 Å². The van der Waals surface area contributed by atoms with E-state index in [4.69, 9.17) is 27.9 Å². The number of nitrogens with one attached hydrogen (secondary N) is 1. The molecule has 0 aliphatic heterocycles. The molecule has 0 bridgehead atoms. The topological polar surface area (TPSA) is 58.6 Å². The highest BCUT2D eigenvalue weighted by Crippen LogP contribution is 2.30. The molecule has 36 heavy (non-hydrogen) atoms. The van der Waals surface area contributed by atoms with Crippen molar-refractivity contribution in [3.63, 3.8) is 0 Å². The number of ether oxygens (including phenoxy) is 1. The zero-order chi connectivity index (χ0) is 26.2. The van der Waals surface area contributed by atoms with Crippen LogP contribution >= 0.6 is 39.1 Å². The van der Waals surface area contributed by atoms with Gasteiger partial charge >= 0.3 is 0 Å². The number of nitrogens with zero attached hydrogens (tertiary/aromatic N) is 1. The van der Waals surface area contributed by atoms with E-state index >= 15 is 0 Å². The maximum atomic E-state index is 13.6. The Balaban J connectivity index is 1.92. The summed E-state index contributed by atoms with van der Waals surface area (Å²) in [6.45, 7) is 4.01. The first kappa shape index (κ1) is 28.0. The van der Waals surface area contributed by atoms with Crippen molar-refractivity contribution in [2.45, 2.75) is 38.8 Å². The van der Waals surface area contributed by atoms with E-state index in [1.807, 2.05) is 48.5 Å². The summed E-state index contributed by atoms with van der Waals surface area (Å²) in [4.78, 5) is 28.1. The zero-order valence-corrected chi connectivity index (χ0v) is 23.5. The van der Waals surface area contributed by atoms with Gasteiger partial charge in [-0.25, -0.2) is 0 Å². The third-order valence-corrected chi connectivity index (χ3v) is 7.21. The van der Waals surface area contributed by atoms with Gasteiger partial charge in [-0.15, -0.1) is 0 Å². The van der Waals surface area contributed by atoms with Gasteiger partial charge in [-0.2, -0.15) is 0 Å². The Hall–Kier alpha value is -2.54. The summed E-state index contributed by atoms with van der Waals surface area (Å²) in [7, 11) is 1.55. The number of amides is 2. The number of hydrogen-bond acceptors (Lipinski definition) is 3. The van der Waals surface area contributed by atoms with E-state index in [1.54, 1.807) is 25.2 Å². The predicted octanol–water partition coefficient (Wildman–Crippen LogP) is 6.64. The first-order valence-corrected chi connectivity index (χ1v) is 13.2. The molecule has 5 nitrogen and oxygen atoms in total. The van der Waals surface area contributed by atoms with E-state index in [1.165, 1.54) is 4.90 Å². The minimum Gasteiger partial charge on any atom is -0.483 e. The van der Waals surface area contributed by atoms with Crippen LogP contribution in [0.15, 0.2) is 71.2 Å². The molecular formula is C28H29BrCl2N2O3. The van der Waals surface area contributed by atoms with E-state index in [0.29, 0.717) is 33.7 Å². The molecule has 0 aromatic heterocycles. The lowest BCUT2D eigenvalue weighted by atomic mass is 10.0. The SMILES string of the molecule is CNC(=O)[C@H](Cc1ccccc1)N(Cc1c(Cl)cccc1Cl)C(=O)COc1ccc(C(C)C)cc1Br. The minimum atomic E-state index is -0.799. The smallest absolute Gasteiger partial charge is 0.261 e. The van der Waals surface area contributed by atoms with Crippen LogP contribution in [-0.2, 0) is 22.6 Å². The lowest BCUT2D eigenvalue weighted by Crippen LogP contribution is -2.51. The van der Waals surface area contributed by atoms with Crippen LogP contribution in [-0.4, -0.2) is 36.4 Å². The van der Waals surface area contributed by atoms with Crippen LogP contribution < -0.4 is 10.1 Å². The number of rotatable bonds is 10. The summed E-state index contributed by atoms with van der Waals surface area (Å²) in [5.74, 6) is 0.246. The van der Waals surface area contributed by atoms with Gasteiger partial charge < -0.3 is 15.0 Å². The van der Waals surface area contributed by atoms with Crippen molar-refractivity contribution < 1.29 is 14.3 Å². The second kappa shape index (κ2) is 13.1. The molecule has 3 aromatic rings.